The lowest BCUT2D eigenvalue weighted by Gasteiger charge is -2.48. The summed E-state index contributed by atoms with van der Waals surface area (Å²) in [6.45, 7) is 9.31. The van der Waals surface area contributed by atoms with Gasteiger partial charge >= 0.3 is 6.61 Å². The third-order valence-electron chi connectivity index (χ3n) is 5.54. The molecule has 31 heavy (non-hydrogen) atoms. The van der Waals surface area contributed by atoms with E-state index in [1.165, 1.54) is 6.07 Å². The molecule has 0 saturated carbocycles. The highest BCUT2D eigenvalue weighted by Gasteiger charge is 2.25. The summed E-state index contributed by atoms with van der Waals surface area (Å²) in [5.41, 5.74) is 2.28. The summed E-state index contributed by atoms with van der Waals surface area (Å²) in [7, 11) is -2.08. The molecule has 0 unspecified atom stereocenters. The zero-order valence-corrected chi connectivity index (χ0v) is 19.7. The number of aryl methyl sites for hydroxylation is 1. The van der Waals surface area contributed by atoms with Gasteiger partial charge < -0.3 is 14.5 Å². The largest absolute Gasteiger partial charge is 0.561 e. The molecule has 8 heteroatoms. The first-order chi connectivity index (χ1) is 14.3. The monoisotopic (exact) mass is 446 g/mol. The Bertz CT molecular complexity index is 995. The summed E-state index contributed by atoms with van der Waals surface area (Å²) < 4.78 is 36.8. The van der Waals surface area contributed by atoms with Gasteiger partial charge in [-0.25, -0.2) is 0 Å². The summed E-state index contributed by atoms with van der Waals surface area (Å²) >= 11 is 0. The van der Waals surface area contributed by atoms with Crippen molar-refractivity contribution in [3.05, 3.63) is 58.7 Å². The normalized spacial score (nSPS) is 11.9. The van der Waals surface area contributed by atoms with Gasteiger partial charge in [0.25, 0.3) is 5.91 Å². The molecule has 2 aromatic rings. The number of amides is 1. The Labute approximate surface area is 183 Å². The zero-order chi connectivity index (χ0) is 23.4. The van der Waals surface area contributed by atoms with Crippen LogP contribution in [0.15, 0.2) is 36.4 Å². The maximum atomic E-state index is 13.0. The number of hydrogen-bond acceptors (Lipinski definition) is 4. The van der Waals surface area contributed by atoms with Crippen LogP contribution in [-0.4, -0.2) is 20.8 Å². The smallest absolute Gasteiger partial charge is 0.387 e. The topological polar surface area (TPSA) is 71.4 Å². The Morgan fingerprint density at radius 1 is 1.19 bits per heavy atom. The summed E-state index contributed by atoms with van der Waals surface area (Å²) in [4.78, 5) is 12.6. The Balaban J connectivity index is 2.24. The predicted molar refractivity (Wildman–Crippen MR) is 119 cm³/mol. The Morgan fingerprint density at radius 3 is 2.42 bits per heavy atom. The van der Waals surface area contributed by atoms with E-state index in [1.54, 1.807) is 37.3 Å². The van der Waals surface area contributed by atoms with E-state index in [1.807, 2.05) is 6.07 Å². The van der Waals surface area contributed by atoms with Crippen molar-refractivity contribution in [2.24, 2.45) is 0 Å². The van der Waals surface area contributed by atoms with Crippen LogP contribution in [0.5, 0.6) is 5.75 Å². The molecule has 0 aliphatic heterocycles. The van der Waals surface area contributed by atoms with Crippen LogP contribution in [0.3, 0.4) is 0 Å². The number of benzene rings is 2. The second-order valence-electron chi connectivity index (χ2n) is 8.85. The Hall–Kier alpha value is -2.76. The van der Waals surface area contributed by atoms with Gasteiger partial charge in [-0.05, 0) is 45.1 Å². The third kappa shape index (κ3) is 6.36. The van der Waals surface area contributed by atoms with Crippen LogP contribution in [0, 0.1) is 18.3 Å². The maximum Gasteiger partial charge on any atom is 0.387 e. The Kier molecular flexibility index (Phi) is 7.57. The highest BCUT2D eigenvalue weighted by atomic mass is 28.4. The minimum atomic E-state index is -3.00. The highest BCUT2D eigenvalue weighted by molar-refractivity contribution is 6.74. The number of carbonyl (C=O) groups excluding carboxylic acids is 1. The van der Waals surface area contributed by atoms with Crippen LogP contribution in [0.25, 0.3) is 0 Å². The number of ether oxygens (including phenoxy) is 1. The van der Waals surface area contributed by atoms with E-state index in [0.29, 0.717) is 27.9 Å². The van der Waals surface area contributed by atoms with Gasteiger partial charge in [-0.15, -0.1) is 18.1 Å². The van der Waals surface area contributed by atoms with Crippen molar-refractivity contribution in [3.8, 4) is 11.8 Å². The fourth-order valence-electron chi connectivity index (χ4n) is 2.62. The fraction of sp³-hybridized carbons (Fsp3) is 0.391. The molecule has 0 atom stereocenters. The SMILES string of the molecule is Cc1cc(C#N)ccc1C(=O)Nc1ccc(CO[Si-](C)(C)C(C)(C)C)c(OC(F)F)c1. The number of nitriles is 1. The van der Waals surface area contributed by atoms with Crippen LogP contribution < -0.4 is 10.1 Å². The third-order valence-corrected chi connectivity index (χ3v) is 10.0. The van der Waals surface area contributed by atoms with E-state index in [-0.39, 0.29) is 17.4 Å². The quantitative estimate of drug-likeness (QED) is 0.511. The van der Waals surface area contributed by atoms with Gasteiger partial charge in [0.2, 0.25) is 0 Å². The molecule has 0 aliphatic carbocycles. The second-order valence-corrected chi connectivity index (χ2v) is 13.7. The first-order valence-corrected chi connectivity index (χ1v) is 12.8. The van der Waals surface area contributed by atoms with E-state index in [9.17, 15) is 13.6 Å². The van der Waals surface area contributed by atoms with Crippen molar-refractivity contribution in [2.45, 2.75) is 59.0 Å². The van der Waals surface area contributed by atoms with Crippen molar-refractivity contribution >= 4 is 19.9 Å². The molecular weight excluding hydrogens is 418 g/mol. The van der Waals surface area contributed by atoms with Gasteiger partial charge in [0.05, 0.1) is 11.6 Å². The molecular formula is C23H28F2N2O3Si-. The van der Waals surface area contributed by atoms with Gasteiger partial charge in [0, 0.05) is 29.5 Å². The van der Waals surface area contributed by atoms with Gasteiger partial charge in [-0.2, -0.15) is 14.0 Å². The van der Waals surface area contributed by atoms with Crippen LogP contribution >= 0.6 is 0 Å². The zero-order valence-electron chi connectivity index (χ0n) is 18.7. The number of rotatable bonds is 7. The van der Waals surface area contributed by atoms with E-state index < -0.39 is 20.8 Å². The summed E-state index contributed by atoms with van der Waals surface area (Å²) in [5.74, 6) is -0.446. The van der Waals surface area contributed by atoms with Crippen molar-refractivity contribution in [2.75, 3.05) is 5.32 Å². The number of nitrogens with one attached hydrogen (secondary N) is 1. The number of halogens is 2. The molecule has 0 saturated heterocycles. The Morgan fingerprint density at radius 2 is 1.87 bits per heavy atom. The van der Waals surface area contributed by atoms with Crippen molar-refractivity contribution in [1.29, 1.82) is 5.26 Å². The maximum absolute atomic E-state index is 13.0. The molecule has 0 radical (unpaired) electrons. The molecule has 0 spiro atoms. The predicted octanol–water partition coefficient (Wildman–Crippen LogP) is 6.24. The highest BCUT2D eigenvalue weighted by Crippen LogP contribution is 2.38. The number of alkyl halides is 2. The average Bonchev–Trinajstić information content (AvgIpc) is 2.65. The molecule has 2 rings (SSSR count). The van der Waals surface area contributed by atoms with E-state index >= 15 is 0 Å². The van der Waals surface area contributed by atoms with Crippen LogP contribution in [0.1, 0.15) is 47.8 Å². The van der Waals surface area contributed by atoms with Gasteiger partial charge in [0.15, 0.2) is 0 Å². The second kappa shape index (κ2) is 9.58. The van der Waals surface area contributed by atoms with Crippen LogP contribution in [0.4, 0.5) is 14.5 Å². The van der Waals surface area contributed by atoms with Gasteiger partial charge in [-0.1, -0.05) is 26.8 Å². The van der Waals surface area contributed by atoms with Gasteiger partial charge in [0.1, 0.15) is 5.75 Å². The first-order valence-electron chi connectivity index (χ1n) is 9.88. The lowest BCUT2D eigenvalue weighted by Crippen LogP contribution is -2.40. The summed E-state index contributed by atoms with van der Waals surface area (Å²) in [6.07, 6.45) is 0. The molecule has 0 heterocycles. The lowest BCUT2D eigenvalue weighted by molar-refractivity contribution is -0.0508. The number of nitrogens with zero attached hydrogens (tertiary/aromatic N) is 1. The molecule has 1 N–H and O–H groups in total. The molecule has 1 amide bonds. The summed E-state index contributed by atoms with van der Waals surface area (Å²) in [5, 5.41) is 11.6. The molecule has 167 valence electrons. The van der Waals surface area contributed by atoms with Crippen LogP contribution in [0.2, 0.25) is 18.1 Å². The molecule has 0 aliphatic rings. The van der Waals surface area contributed by atoms with E-state index in [4.69, 9.17) is 14.4 Å². The minimum absolute atomic E-state index is 0.0242. The van der Waals surface area contributed by atoms with E-state index in [0.717, 1.165) is 0 Å². The summed E-state index contributed by atoms with van der Waals surface area (Å²) in [6, 6.07) is 11.3. The van der Waals surface area contributed by atoms with Crippen molar-refractivity contribution in [3.63, 3.8) is 0 Å². The number of anilines is 1. The van der Waals surface area contributed by atoms with Crippen LogP contribution in [-0.2, 0) is 11.0 Å². The molecule has 0 bridgehead atoms. The van der Waals surface area contributed by atoms with Gasteiger partial charge in [-0.3, -0.25) is 4.79 Å². The van der Waals surface area contributed by atoms with E-state index in [2.05, 4.69) is 39.2 Å². The number of carbonyl (C=O) groups is 1. The average molecular weight is 447 g/mol. The minimum Gasteiger partial charge on any atom is -0.561 e. The number of hydrogen-bond donors (Lipinski definition) is 1. The molecule has 0 fully saturated rings. The van der Waals surface area contributed by atoms with Crippen molar-refractivity contribution in [1.82, 2.24) is 0 Å². The first kappa shape index (κ1) is 24.5. The van der Waals surface area contributed by atoms with Crippen molar-refractivity contribution < 1.29 is 22.7 Å². The fourth-order valence-corrected chi connectivity index (χ4v) is 3.57. The molecule has 5 nitrogen and oxygen atoms in total. The lowest BCUT2D eigenvalue weighted by atomic mass is 10.0. The molecule has 2 aromatic carbocycles. The molecule has 0 aromatic heterocycles. The standard InChI is InChI=1S/C23H28F2N2O3Si/c1-15-11-16(13-26)7-10-19(15)21(28)27-18-9-8-17(20(12-18)30-22(24)25)14-29-31(5,6)23(2,3)4/h7-12,22H,14H2,1-6H3,(H,27,28)/q-1.